The molecule has 9 nitrogen and oxygen atoms in total. The van der Waals surface area contributed by atoms with E-state index in [4.69, 9.17) is 11.6 Å². The van der Waals surface area contributed by atoms with Gasteiger partial charge in [0.05, 0.1) is 17.4 Å². The number of carbonyl (C=O) groups excluding carboxylic acids is 1. The number of sulfonamides is 1. The zero-order valence-electron chi connectivity index (χ0n) is 15.9. The average Bonchev–Trinajstić information content (AvgIpc) is 3.32. The molecule has 3 aromatic rings. The largest absolute Gasteiger partial charge is 0.480 e. The van der Waals surface area contributed by atoms with E-state index >= 15 is 0 Å². The van der Waals surface area contributed by atoms with Crippen LogP contribution in [0.2, 0.25) is 4.34 Å². The van der Waals surface area contributed by atoms with Gasteiger partial charge in [0, 0.05) is 45.8 Å². The number of nitrogens with zero attached hydrogens (tertiary/aromatic N) is 3. The van der Waals surface area contributed by atoms with Gasteiger partial charge in [0.15, 0.2) is 0 Å². The molecule has 1 amide bonds. The standard InChI is InChI=1S/C19H17ClN4O5S2/c20-17-2-1-14(30-17)4-6-31(28,29)23-10-16(19(26)27)24(18(25)11-23)9-13-7-12-8-21-5-3-15(12)22-13/h1-8,16,22H,9-11H2,(H,26,27)/b6-4+. The summed E-state index contributed by atoms with van der Waals surface area (Å²) in [6.07, 6.45) is 4.65. The third-order valence-corrected chi connectivity index (χ3v) is 7.52. The number of carboxylic acid groups (broad SMARTS) is 1. The Bertz CT molecular complexity index is 1250. The smallest absolute Gasteiger partial charge is 0.327 e. The van der Waals surface area contributed by atoms with E-state index in [0.29, 0.717) is 14.9 Å². The number of rotatable bonds is 6. The zero-order valence-corrected chi connectivity index (χ0v) is 18.3. The van der Waals surface area contributed by atoms with Gasteiger partial charge in [-0.2, -0.15) is 4.31 Å². The lowest BCUT2D eigenvalue weighted by atomic mass is 10.1. The number of pyridine rings is 1. The molecule has 0 spiro atoms. The summed E-state index contributed by atoms with van der Waals surface area (Å²) in [7, 11) is -4.00. The Hall–Kier alpha value is -2.73. The Morgan fingerprint density at radius 3 is 2.87 bits per heavy atom. The van der Waals surface area contributed by atoms with Crippen molar-refractivity contribution in [3.8, 4) is 0 Å². The Morgan fingerprint density at radius 1 is 1.39 bits per heavy atom. The number of hydrogen-bond donors (Lipinski definition) is 2. The molecule has 162 valence electrons. The number of thiophene rings is 1. The SMILES string of the molecule is O=C(O)C1CN(S(=O)(=O)/C=C/c2ccc(Cl)s2)CC(=O)N1Cc1cc2cnccc2[nH]1. The summed E-state index contributed by atoms with van der Waals surface area (Å²) < 4.78 is 26.8. The normalized spacial score (nSPS) is 18.3. The molecule has 1 unspecified atom stereocenters. The number of aromatic nitrogens is 2. The summed E-state index contributed by atoms with van der Waals surface area (Å²) in [5.74, 6) is -1.87. The lowest BCUT2D eigenvalue weighted by molar-refractivity contribution is -0.154. The monoisotopic (exact) mass is 480 g/mol. The molecule has 0 aliphatic carbocycles. The lowest BCUT2D eigenvalue weighted by Gasteiger charge is -2.37. The molecule has 2 N–H and O–H groups in total. The molecule has 0 aromatic carbocycles. The maximum atomic E-state index is 12.8. The molecule has 1 aliphatic heterocycles. The van der Waals surface area contributed by atoms with Crippen LogP contribution in [0.1, 0.15) is 10.6 Å². The number of carboxylic acids is 1. The first-order valence-electron chi connectivity index (χ1n) is 9.10. The van der Waals surface area contributed by atoms with Crippen molar-refractivity contribution in [3.63, 3.8) is 0 Å². The zero-order chi connectivity index (χ0) is 22.2. The Labute approximate surface area is 186 Å². The first-order valence-corrected chi connectivity index (χ1v) is 11.8. The van der Waals surface area contributed by atoms with Crippen LogP contribution >= 0.6 is 22.9 Å². The first-order chi connectivity index (χ1) is 14.7. The van der Waals surface area contributed by atoms with Crippen molar-refractivity contribution in [1.29, 1.82) is 0 Å². The quantitative estimate of drug-likeness (QED) is 0.558. The number of halogens is 1. The van der Waals surface area contributed by atoms with E-state index in [1.807, 2.05) is 0 Å². The minimum Gasteiger partial charge on any atom is -0.480 e. The molecule has 4 rings (SSSR count). The maximum absolute atomic E-state index is 12.8. The number of hydrogen-bond acceptors (Lipinski definition) is 6. The third-order valence-electron chi connectivity index (χ3n) is 4.85. The molecule has 31 heavy (non-hydrogen) atoms. The van der Waals surface area contributed by atoms with Crippen molar-refractivity contribution < 1.29 is 23.1 Å². The van der Waals surface area contributed by atoms with E-state index in [1.54, 1.807) is 36.7 Å². The van der Waals surface area contributed by atoms with Crippen molar-refractivity contribution in [2.75, 3.05) is 13.1 Å². The van der Waals surface area contributed by atoms with Crippen molar-refractivity contribution in [2.24, 2.45) is 0 Å². The number of amides is 1. The highest BCUT2D eigenvalue weighted by atomic mass is 35.5. The van der Waals surface area contributed by atoms with Crippen LogP contribution in [0, 0.1) is 0 Å². The Morgan fingerprint density at radius 2 is 2.19 bits per heavy atom. The van der Waals surface area contributed by atoms with E-state index in [0.717, 1.165) is 20.6 Å². The molecule has 4 heterocycles. The predicted molar refractivity (Wildman–Crippen MR) is 117 cm³/mol. The summed E-state index contributed by atoms with van der Waals surface area (Å²) >= 11 is 7.05. The minimum atomic E-state index is -4.00. The summed E-state index contributed by atoms with van der Waals surface area (Å²) in [6.45, 7) is -0.772. The van der Waals surface area contributed by atoms with Gasteiger partial charge in [-0.15, -0.1) is 11.3 Å². The highest BCUT2D eigenvalue weighted by Gasteiger charge is 2.40. The Balaban J connectivity index is 1.54. The number of fused-ring (bicyclic) bond motifs is 1. The van der Waals surface area contributed by atoms with Crippen LogP contribution in [-0.2, 0) is 26.2 Å². The average molecular weight is 481 g/mol. The molecule has 0 bridgehead atoms. The van der Waals surface area contributed by atoms with E-state index in [-0.39, 0.29) is 13.1 Å². The van der Waals surface area contributed by atoms with Gasteiger partial charge >= 0.3 is 5.97 Å². The van der Waals surface area contributed by atoms with Crippen LogP contribution in [0.4, 0.5) is 0 Å². The summed E-state index contributed by atoms with van der Waals surface area (Å²) in [5, 5.41) is 11.5. The second kappa shape index (κ2) is 8.42. The molecule has 1 aliphatic rings. The molecular formula is C19H17ClN4O5S2. The third kappa shape index (κ3) is 4.64. The van der Waals surface area contributed by atoms with Crippen molar-refractivity contribution in [3.05, 3.63) is 57.0 Å². The highest BCUT2D eigenvalue weighted by Crippen LogP contribution is 2.24. The predicted octanol–water partition coefficient (Wildman–Crippen LogP) is 2.38. The number of carbonyl (C=O) groups is 2. The fourth-order valence-electron chi connectivity index (χ4n) is 3.33. The van der Waals surface area contributed by atoms with E-state index in [2.05, 4.69) is 9.97 Å². The van der Waals surface area contributed by atoms with Crippen LogP contribution in [0.25, 0.3) is 17.0 Å². The minimum absolute atomic E-state index is 0.0158. The molecule has 12 heteroatoms. The van der Waals surface area contributed by atoms with E-state index in [9.17, 15) is 23.1 Å². The Kier molecular flexibility index (Phi) is 5.84. The summed E-state index contributed by atoms with van der Waals surface area (Å²) in [4.78, 5) is 33.6. The molecule has 3 aromatic heterocycles. The fourth-order valence-corrected chi connectivity index (χ4v) is 5.51. The van der Waals surface area contributed by atoms with Gasteiger partial charge in [-0.25, -0.2) is 13.2 Å². The second-order valence-corrected chi connectivity index (χ2v) is 10.5. The number of aromatic amines is 1. The molecule has 1 saturated heterocycles. The van der Waals surface area contributed by atoms with Gasteiger partial charge < -0.3 is 15.0 Å². The lowest BCUT2D eigenvalue weighted by Crippen LogP contribution is -2.59. The van der Waals surface area contributed by atoms with Crippen LogP contribution in [0.3, 0.4) is 0 Å². The first kappa shape index (κ1) is 21.5. The van der Waals surface area contributed by atoms with Crippen LogP contribution < -0.4 is 0 Å². The van der Waals surface area contributed by atoms with Gasteiger partial charge in [-0.1, -0.05) is 11.6 Å². The summed E-state index contributed by atoms with van der Waals surface area (Å²) in [5.41, 5.74) is 1.44. The van der Waals surface area contributed by atoms with E-state index < -0.39 is 34.5 Å². The van der Waals surface area contributed by atoms with Gasteiger partial charge in [0.2, 0.25) is 15.9 Å². The van der Waals surface area contributed by atoms with Crippen LogP contribution in [0.15, 0.2) is 42.1 Å². The second-order valence-electron chi connectivity index (χ2n) is 6.92. The highest BCUT2D eigenvalue weighted by molar-refractivity contribution is 7.92. The van der Waals surface area contributed by atoms with E-state index in [1.165, 1.54) is 22.3 Å². The van der Waals surface area contributed by atoms with Gasteiger partial charge in [0.1, 0.15) is 6.04 Å². The van der Waals surface area contributed by atoms with Crippen molar-refractivity contribution >= 4 is 61.8 Å². The molecule has 0 radical (unpaired) electrons. The number of H-pyrrole nitrogens is 1. The number of aliphatic carboxylic acids is 1. The van der Waals surface area contributed by atoms with Gasteiger partial charge in [0.25, 0.3) is 0 Å². The number of piperazine rings is 1. The van der Waals surface area contributed by atoms with Crippen LogP contribution in [0.5, 0.6) is 0 Å². The van der Waals surface area contributed by atoms with Crippen molar-refractivity contribution in [2.45, 2.75) is 12.6 Å². The fraction of sp³-hybridized carbons (Fsp3) is 0.211. The van der Waals surface area contributed by atoms with Gasteiger partial charge in [-0.05, 0) is 30.3 Å². The topological polar surface area (TPSA) is 124 Å². The van der Waals surface area contributed by atoms with Crippen LogP contribution in [-0.4, -0.2) is 63.7 Å². The molecular weight excluding hydrogens is 464 g/mol. The van der Waals surface area contributed by atoms with Gasteiger partial charge in [-0.3, -0.25) is 9.78 Å². The number of nitrogens with one attached hydrogen (secondary N) is 1. The molecule has 1 fully saturated rings. The molecule has 1 atom stereocenters. The maximum Gasteiger partial charge on any atom is 0.327 e. The molecule has 0 saturated carbocycles. The summed E-state index contributed by atoms with van der Waals surface area (Å²) in [6, 6.07) is 5.55. The van der Waals surface area contributed by atoms with Crippen molar-refractivity contribution in [1.82, 2.24) is 19.2 Å².